The molecule has 0 fully saturated rings. The molecular formula is C28H44O2. The van der Waals surface area contributed by atoms with Gasteiger partial charge in [-0.1, -0.05) is 93.5 Å². The second-order valence-electron chi connectivity index (χ2n) is 9.30. The zero-order chi connectivity index (χ0) is 22.9. The largest absolute Gasteiger partial charge is 0.493 e. The van der Waals surface area contributed by atoms with Crippen molar-refractivity contribution in [1.82, 2.24) is 0 Å². The van der Waals surface area contributed by atoms with Crippen LogP contribution in [0.1, 0.15) is 91.5 Å². The van der Waals surface area contributed by atoms with Gasteiger partial charge in [-0.3, -0.25) is 0 Å². The lowest BCUT2D eigenvalue weighted by Gasteiger charge is -2.21. The molecule has 0 saturated heterocycles. The van der Waals surface area contributed by atoms with Crippen LogP contribution in [0.25, 0.3) is 0 Å². The highest BCUT2D eigenvalue weighted by molar-refractivity contribution is 5.45. The van der Waals surface area contributed by atoms with E-state index in [4.69, 9.17) is 9.47 Å². The molecule has 0 radical (unpaired) electrons. The van der Waals surface area contributed by atoms with Gasteiger partial charge in [0, 0.05) is 18.4 Å². The Bertz CT molecular complexity index is 776. The van der Waals surface area contributed by atoms with Crippen LogP contribution in [0.15, 0.2) is 36.4 Å². The van der Waals surface area contributed by atoms with Crippen molar-refractivity contribution in [1.29, 1.82) is 0 Å². The van der Waals surface area contributed by atoms with Crippen LogP contribution >= 0.6 is 0 Å². The number of hydrogen-bond acceptors (Lipinski definition) is 2. The summed E-state index contributed by atoms with van der Waals surface area (Å²) in [7, 11) is 0. The fraction of sp³-hybridized carbons (Fsp3) is 0.571. The van der Waals surface area contributed by atoms with Crippen molar-refractivity contribution in [3.05, 3.63) is 58.7 Å². The highest BCUT2D eigenvalue weighted by Crippen LogP contribution is 2.35. The van der Waals surface area contributed by atoms with Gasteiger partial charge in [0.1, 0.15) is 11.5 Å². The first-order valence-corrected chi connectivity index (χ1v) is 11.7. The van der Waals surface area contributed by atoms with Crippen molar-refractivity contribution in [3.8, 4) is 11.5 Å². The second-order valence-corrected chi connectivity index (χ2v) is 9.30. The molecule has 0 amide bonds. The molecule has 0 atom stereocenters. The fourth-order valence-electron chi connectivity index (χ4n) is 3.58. The van der Waals surface area contributed by atoms with E-state index >= 15 is 0 Å². The smallest absolute Gasteiger partial charge is 0.122 e. The van der Waals surface area contributed by atoms with Crippen LogP contribution in [0, 0.1) is 0 Å². The van der Waals surface area contributed by atoms with Gasteiger partial charge in [-0.05, 0) is 39.7 Å². The Labute approximate surface area is 186 Å². The molecule has 0 N–H and O–H groups in total. The minimum absolute atomic E-state index is 0.235. The molecule has 0 spiro atoms. The minimum Gasteiger partial charge on any atom is -0.493 e. The molecule has 2 heterocycles. The highest BCUT2D eigenvalue weighted by atomic mass is 16.5. The molecule has 2 heteroatoms. The first kappa shape index (κ1) is 26.1. The average molecular weight is 413 g/mol. The molecule has 0 saturated carbocycles. The molecule has 2 aromatic carbocycles. The van der Waals surface area contributed by atoms with E-state index in [0.29, 0.717) is 0 Å². The van der Waals surface area contributed by atoms with E-state index in [1.54, 1.807) is 0 Å². The lowest BCUT2D eigenvalue weighted by atomic mass is 9.83. The van der Waals surface area contributed by atoms with Crippen molar-refractivity contribution >= 4 is 0 Å². The number of fused-ring (bicyclic) bond motifs is 2. The summed E-state index contributed by atoms with van der Waals surface area (Å²) < 4.78 is 11.0. The molecule has 0 bridgehead atoms. The Morgan fingerprint density at radius 2 is 1.27 bits per heavy atom. The minimum atomic E-state index is 0.235. The lowest BCUT2D eigenvalue weighted by Crippen LogP contribution is -2.13. The van der Waals surface area contributed by atoms with Crippen LogP contribution in [-0.2, 0) is 23.7 Å². The summed E-state index contributed by atoms with van der Waals surface area (Å²) in [4.78, 5) is 0. The van der Waals surface area contributed by atoms with Crippen LogP contribution in [0.4, 0.5) is 0 Å². The predicted octanol–water partition coefficient (Wildman–Crippen LogP) is 7.89. The van der Waals surface area contributed by atoms with E-state index in [1.807, 2.05) is 27.7 Å². The van der Waals surface area contributed by atoms with Crippen molar-refractivity contribution < 1.29 is 9.47 Å². The van der Waals surface area contributed by atoms with E-state index in [9.17, 15) is 0 Å². The fourth-order valence-corrected chi connectivity index (χ4v) is 3.58. The Morgan fingerprint density at radius 1 is 0.667 bits per heavy atom. The zero-order valence-corrected chi connectivity index (χ0v) is 21.1. The number of hydrogen-bond donors (Lipinski definition) is 0. The third-order valence-corrected chi connectivity index (χ3v) is 5.11. The standard InChI is InChI=1S/2C12H16O.2C2H6/c1-12(2,3)10-4-5-11-9(8-10)6-7-13-11;1-12(2,3)10-5-4-6-11-9(10)7-8-13-11;2*1-2/h4-5,8H,6-7H2,1-3H3;4-6H,7-8H2,1-3H3;2*1-2H3. The van der Waals surface area contributed by atoms with Gasteiger partial charge in [0.2, 0.25) is 0 Å². The Kier molecular flexibility index (Phi) is 9.94. The summed E-state index contributed by atoms with van der Waals surface area (Å²) in [5.74, 6) is 2.17. The second kappa shape index (κ2) is 11.4. The van der Waals surface area contributed by atoms with Gasteiger partial charge < -0.3 is 9.47 Å². The molecule has 2 nitrogen and oxygen atoms in total. The van der Waals surface area contributed by atoms with Crippen molar-refractivity contribution in [2.75, 3.05) is 13.2 Å². The van der Waals surface area contributed by atoms with E-state index in [0.717, 1.165) is 37.6 Å². The number of ether oxygens (including phenoxy) is 2. The maximum Gasteiger partial charge on any atom is 0.122 e. The van der Waals surface area contributed by atoms with Crippen LogP contribution < -0.4 is 9.47 Å². The topological polar surface area (TPSA) is 18.5 Å². The molecule has 0 aromatic heterocycles. The maximum absolute atomic E-state index is 5.53. The van der Waals surface area contributed by atoms with E-state index in [2.05, 4.69) is 77.9 Å². The molecule has 0 unspecified atom stereocenters. The van der Waals surface area contributed by atoms with Crippen LogP contribution in [0.2, 0.25) is 0 Å². The first-order chi connectivity index (χ1) is 14.2. The number of rotatable bonds is 0. The van der Waals surface area contributed by atoms with Gasteiger partial charge in [-0.25, -0.2) is 0 Å². The van der Waals surface area contributed by atoms with Crippen molar-refractivity contribution in [2.24, 2.45) is 0 Å². The average Bonchev–Trinajstić information content (AvgIpc) is 3.38. The molecule has 30 heavy (non-hydrogen) atoms. The molecule has 2 aliphatic rings. The third-order valence-electron chi connectivity index (χ3n) is 5.11. The van der Waals surface area contributed by atoms with Crippen LogP contribution in [0.5, 0.6) is 11.5 Å². The van der Waals surface area contributed by atoms with E-state index in [-0.39, 0.29) is 10.8 Å². The van der Waals surface area contributed by atoms with Gasteiger partial charge in [0.05, 0.1) is 13.2 Å². The SMILES string of the molecule is CC.CC.CC(C)(C)c1ccc2c(c1)CCO2.CC(C)(C)c1cccc2c1CCO2. The number of benzene rings is 2. The summed E-state index contributed by atoms with van der Waals surface area (Å²) in [6.07, 6.45) is 2.14. The predicted molar refractivity (Wildman–Crippen MR) is 131 cm³/mol. The van der Waals surface area contributed by atoms with E-state index < -0.39 is 0 Å². The molecule has 2 aromatic rings. The summed E-state index contributed by atoms with van der Waals surface area (Å²) in [5, 5.41) is 0. The monoisotopic (exact) mass is 412 g/mol. The molecule has 2 aliphatic heterocycles. The first-order valence-electron chi connectivity index (χ1n) is 11.7. The summed E-state index contributed by atoms with van der Waals surface area (Å²) in [5.41, 5.74) is 6.10. The normalized spacial score (nSPS) is 13.7. The molecule has 4 rings (SSSR count). The lowest BCUT2D eigenvalue weighted by molar-refractivity contribution is 0.356. The van der Waals surface area contributed by atoms with E-state index in [1.165, 1.54) is 22.3 Å². The molecule has 0 aliphatic carbocycles. The third kappa shape index (κ3) is 6.79. The summed E-state index contributed by atoms with van der Waals surface area (Å²) >= 11 is 0. The Balaban J connectivity index is 0.000000258. The highest BCUT2D eigenvalue weighted by Gasteiger charge is 2.23. The van der Waals surface area contributed by atoms with Gasteiger partial charge >= 0.3 is 0 Å². The van der Waals surface area contributed by atoms with Crippen molar-refractivity contribution in [2.45, 2.75) is 92.9 Å². The van der Waals surface area contributed by atoms with Gasteiger partial charge in [0.25, 0.3) is 0 Å². The Morgan fingerprint density at radius 3 is 1.87 bits per heavy atom. The quantitative estimate of drug-likeness (QED) is 0.438. The van der Waals surface area contributed by atoms with Gasteiger partial charge in [-0.15, -0.1) is 0 Å². The zero-order valence-electron chi connectivity index (χ0n) is 21.1. The van der Waals surface area contributed by atoms with Crippen molar-refractivity contribution in [3.63, 3.8) is 0 Å². The molecule has 168 valence electrons. The summed E-state index contributed by atoms with van der Waals surface area (Å²) in [6.45, 7) is 23.2. The van der Waals surface area contributed by atoms with Crippen LogP contribution in [0.3, 0.4) is 0 Å². The van der Waals surface area contributed by atoms with Gasteiger partial charge in [-0.2, -0.15) is 0 Å². The van der Waals surface area contributed by atoms with Gasteiger partial charge in [0.15, 0.2) is 0 Å². The summed E-state index contributed by atoms with van der Waals surface area (Å²) in [6, 6.07) is 12.9. The molecular weight excluding hydrogens is 368 g/mol. The maximum atomic E-state index is 5.53. The van der Waals surface area contributed by atoms with Crippen LogP contribution in [-0.4, -0.2) is 13.2 Å². The Hall–Kier alpha value is -1.96.